The number of benzene rings is 3. The predicted octanol–water partition coefficient (Wildman–Crippen LogP) is 5.32. The predicted molar refractivity (Wildman–Crippen MR) is 127 cm³/mol. The van der Waals surface area contributed by atoms with Crippen molar-refractivity contribution in [1.82, 2.24) is 0 Å². The highest BCUT2D eigenvalue weighted by molar-refractivity contribution is 6.11. The van der Waals surface area contributed by atoms with E-state index in [9.17, 15) is 9.59 Å². The van der Waals surface area contributed by atoms with Gasteiger partial charge in [-0.15, -0.1) is 0 Å². The van der Waals surface area contributed by atoms with Gasteiger partial charge in [0.1, 0.15) is 24.7 Å². The highest BCUT2D eigenvalue weighted by Crippen LogP contribution is 2.26. The van der Waals surface area contributed by atoms with Gasteiger partial charge < -0.3 is 20.1 Å². The van der Waals surface area contributed by atoms with Crippen molar-refractivity contribution in [2.24, 2.45) is 0 Å². The highest BCUT2D eigenvalue weighted by Gasteiger charge is 2.17. The Labute approximate surface area is 187 Å². The van der Waals surface area contributed by atoms with Gasteiger partial charge >= 0.3 is 0 Å². The van der Waals surface area contributed by atoms with Gasteiger partial charge in [0.05, 0.1) is 22.5 Å². The molecule has 0 fully saturated rings. The molecule has 6 heteroatoms. The van der Waals surface area contributed by atoms with Crippen LogP contribution >= 0.6 is 0 Å². The maximum atomic E-state index is 12.9. The summed E-state index contributed by atoms with van der Waals surface area (Å²) in [4.78, 5) is 25.8. The van der Waals surface area contributed by atoms with Gasteiger partial charge in [-0.3, -0.25) is 9.59 Å². The summed E-state index contributed by atoms with van der Waals surface area (Å²) in [5, 5.41) is 5.69. The number of carbonyl (C=O) groups is 2. The number of nitrogens with one attached hydrogen (secondary N) is 2. The minimum Gasteiger partial charge on any atom is -0.489 e. The molecule has 32 heavy (non-hydrogen) atoms. The van der Waals surface area contributed by atoms with E-state index in [0.29, 0.717) is 34.0 Å². The van der Waals surface area contributed by atoms with Crippen LogP contribution in [-0.2, 0) is 0 Å². The molecular formula is C26H24N2O4. The van der Waals surface area contributed by atoms with Crippen molar-refractivity contribution in [3.8, 4) is 11.5 Å². The molecule has 3 aromatic rings. The molecule has 6 nitrogen and oxygen atoms in total. The molecule has 2 amide bonds. The Kier molecular flexibility index (Phi) is 7.81. The molecule has 2 N–H and O–H groups in total. The minimum atomic E-state index is -0.360. The summed E-state index contributed by atoms with van der Waals surface area (Å²) in [7, 11) is 0. The maximum absolute atomic E-state index is 12.9. The minimum absolute atomic E-state index is 0.282. The largest absolute Gasteiger partial charge is 0.489 e. The first-order valence-corrected chi connectivity index (χ1v) is 10.0. The van der Waals surface area contributed by atoms with Crippen LogP contribution in [0.25, 0.3) is 0 Å². The molecule has 0 aliphatic rings. The number of ether oxygens (including phenoxy) is 2. The van der Waals surface area contributed by atoms with Crippen LogP contribution in [0.2, 0.25) is 0 Å². The Morgan fingerprint density at radius 2 is 1.03 bits per heavy atom. The highest BCUT2D eigenvalue weighted by atomic mass is 16.5. The van der Waals surface area contributed by atoms with E-state index in [1.807, 2.05) is 0 Å². The summed E-state index contributed by atoms with van der Waals surface area (Å²) >= 11 is 0. The van der Waals surface area contributed by atoms with Crippen molar-refractivity contribution in [1.29, 1.82) is 0 Å². The second-order valence-corrected chi connectivity index (χ2v) is 6.65. The molecule has 0 aromatic heterocycles. The lowest BCUT2D eigenvalue weighted by molar-refractivity contribution is 0.101. The summed E-state index contributed by atoms with van der Waals surface area (Å²) in [6, 6.07) is 20.8. The van der Waals surface area contributed by atoms with Crippen molar-refractivity contribution in [2.75, 3.05) is 23.8 Å². The molecule has 0 saturated carbocycles. The fraction of sp³-hybridized carbons (Fsp3) is 0.0769. The lowest BCUT2D eigenvalue weighted by Crippen LogP contribution is -2.18. The van der Waals surface area contributed by atoms with Gasteiger partial charge in [-0.2, -0.15) is 0 Å². The summed E-state index contributed by atoms with van der Waals surface area (Å²) in [6.45, 7) is 7.81. The van der Waals surface area contributed by atoms with Crippen molar-refractivity contribution in [3.63, 3.8) is 0 Å². The van der Waals surface area contributed by atoms with Crippen molar-refractivity contribution < 1.29 is 19.1 Å². The van der Waals surface area contributed by atoms with E-state index in [-0.39, 0.29) is 25.0 Å². The first-order valence-electron chi connectivity index (χ1n) is 10.0. The van der Waals surface area contributed by atoms with E-state index < -0.39 is 0 Å². The number of para-hydroxylation sites is 4. The molecule has 0 bridgehead atoms. The molecule has 0 atom stereocenters. The third-order valence-corrected chi connectivity index (χ3v) is 4.40. The van der Waals surface area contributed by atoms with Gasteiger partial charge in [-0.25, -0.2) is 0 Å². The average Bonchev–Trinajstić information content (AvgIpc) is 2.83. The third kappa shape index (κ3) is 5.64. The lowest BCUT2D eigenvalue weighted by atomic mass is 10.1. The lowest BCUT2D eigenvalue weighted by Gasteiger charge is -2.15. The van der Waals surface area contributed by atoms with Crippen LogP contribution in [-0.4, -0.2) is 25.0 Å². The van der Waals surface area contributed by atoms with Crippen LogP contribution in [0.5, 0.6) is 11.5 Å². The van der Waals surface area contributed by atoms with Gasteiger partial charge in [0, 0.05) is 0 Å². The Hall–Kier alpha value is -4.32. The molecule has 0 aliphatic carbocycles. The first-order chi connectivity index (χ1) is 15.6. The molecule has 3 aromatic carbocycles. The number of amides is 2. The molecular weight excluding hydrogens is 404 g/mol. The molecule has 0 unspecified atom stereocenters. The van der Waals surface area contributed by atoms with Crippen molar-refractivity contribution in [3.05, 3.63) is 109 Å². The molecule has 0 aliphatic heterocycles. The fourth-order valence-corrected chi connectivity index (χ4v) is 2.94. The molecule has 162 valence electrons. The smallest absolute Gasteiger partial charge is 0.259 e. The average molecular weight is 428 g/mol. The molecule has 0 spiro atoms. The van der Waals surface area contributed by atoms with Crippen LogP contribution in [0.15, 0.2) is 98.1 Å². The number of hydrogen-bond acceptors (Lipinski definition) is 4. The zero-order chi connectivity index (χ0) is 22.8. The summed E-state index contributed by atoms with van der Waals surface area (Å²) in [5.74, 6) is 0.168. The topological polar surface area (TPSA) is 76.7 Å². The molecule has 0 saturated heterocycles. The van der Waals surface area contributed by atoms with Crippen LogP contribution in [0.3, 0.4) is 0 Å². The van der Waals surface area contributed by atoms with E-state index >= 15 is 0 Å². The quantitative estimate of drug-likeness (QED) is 0.429. The summed E-state index contributed by atoms with van der Waals surface area (Å²) in [5.41, 5.74) is 1.65. The van der Waals surface area contributed by atoms with Gasteiger partial charge in [-0.1, -0.05) is 61.7 Å². The zero-order valence-corrected chi connectivity index (χ0v) is 17.5. The van der Waals surface area contributed by atoms with E-state index in [1.54, 1.807) is 84.9 Å². The Balaban J connectivity index is 1.80. The molecule has 0 radical (unpaired) electrons. The van der Waals surface area contributed by atoms with E-state index in [0.717, 1.165) is 0 Å². The van der Waals surface area contributed by atoms with Gasteiger partial charge in [0.25, 0.3) is 11.8 Å². The van der Waals surface area contributed by atoms with Crippen LogP contribution in [0.1, 0.15) is 20.7 Å². The first kappa shape index (κ1) is 22.4. The second kappa shape index (κ2) is 11.2. The van der Waals surface area contributed by atoms with Crippen LogP contribution in [0.4, 0.5) is 11.4 Å². The number of hydrogen-bond donors (Lipinski definition) is 2. The SMILES string of the molecule is C=CCOc1ccccc1C(=O)Nc1ccccc1NC(=O)c1ccccc1OCC=C. The summed E-state index contributed by atoms with van der Waals surface area (Å²) < 4.78 is 11.1. The fourth-order valence-electron chi connectivity index (χ4n) is 2.94. The Morgan fingerprint density at radius 1 is 0.656 bits per heavy atom. The second-order valence-electron chi connectivity index (χ2n) is 6.65. The van der Waals surface area contributed by atoms with Gasteiger partial charge in [0.15, 0.2) is 0 Å². The van der Waals surface area contributed by atoms with Gasteiger partial charge in [0.2, 0.25) is 0 Å². The zero-order valence-electron chi connectivity index (χ0n) is 17.5. The summed E-state index contributed by atoms with van der Waals surface area (Å²) in [6.07, 6.45) is 3.21. The van der Waals surface area contributed by atoms with Crippen LogP contribution < -0.4 is 20.1 Å². The van der Waals surface area contributed by atoms with E-state index in [1.165, 1.54) is 0 Å². The standard InChI is InChI=1S/C26H24N2O4/c1-3-17-31-23-15-9-5-11-19(23)25(29)27-21-13-7-8-14-22(21)28-26(30)20-12-6-10-16-24(20)32-18-4-2/h3-16H,1-2,17-18H2,(H,27,29)(H,28,30). The third-order valence-electron chi connectivity index (χ3n) is 4.40. The normalized spacial score (nSPS) is 10.0. The Morgan fingerprint density at radius 3 is 1.44 bits per heavy atom. The number of carbonyl (C=O) groups excluding carboxylic acids is 2. The monoisotopic (exact) mass is 428 g/mol. The van der Waals surface area contributed by atoms with E-state index in [2.05, 4.69) is 23.8 Å². The maximum Gasteiger partial charge on any atom is 0.259 e. The van der Waals surface area contributed by atoms with Gasteiger partial charge in [-0.05, 0) is 36.4 Å². The molecule has 3 rings (SSSR count). The van der Waals surface area contributed by atoms with E-state index in [4.69, 9.17) is 9.47 Å². The Bertz CT molecular complexity index is 1040. The van der Waals surface area contributed by atoms with Crippen LogP contribution in [0, 0.1) is 0 Å². The molecule has 0 heterocycles. The number of rotatable bonds is 10. The van der Waals surface area contributed by atoms with Crippen molar-refractivity contribution in [2.45, 2.75) is 0 Å². The van der Waals surface area contributed by atoms with Crippen molar-refractivity contribution >= 4 is 23.2 Å². The number of anilines is 2.